The Morgan fingerprint density at radius 1 is 1.04 bits per heavy atom. The monoisotopic (exact) mass is 382 g/mol. The standard InChI is InChI=1S/C23H30N2O3/c1-2-23(26)28-20-13-11-17(12-14-20)16-7-9-18(10-8-16)21-15-22(25-24-21)27-19-5-3-4-6-19/h7-10,15,17,19-20H,2-6,11-14H2,1H3,(H,24,25). The Morgan fingerprint density at radius 2 is 1.75 bits per heavy atom. The molecule has 5 nitrogen and oxygen atoms in total. The first-order valence-corrected chi connectivity index (χ1v) is 10.7. The molecule has 0 saturated heterocycles. The highest BCUT2D eigenvalue weighted by molar-refractivity contribution is 5.69. The van der Waals surface area contributed by atoms with E-state index < -0.39 is 0 Å². The lowest BCUT2D eigenvalue weighted by atomic mass is 9.82. The molecule has 0 radical (unpaired) electrons. The van der Waals surface area contributed by atoms with E-state index in [1.807, 2.05) is 13.0 Å². The van der Waals surface area contributed by atoms with Gasteiger partial charge in [-0.3, -0.25) is 9.89 Å². The van der Waals surface area contributed by atoms with Crippen molar-refractivity contribution in [1.29, 1.82) is 0 Å². The summed E-state index contributed by atoms with van der Waals surface area (Å²) in [7, 11) is 0. The number of ether oxygens (including phenoxy) is 2. The number of nitrogens with one attached hydrogen (secondary N) is 1. The molecule has 2 aliphatic rings. The molecule has 1 heterocycles. The maximum atomic E-state index is 11.5. The van der Waals surface area contributed by atoms with Crippen LogP contribution in [0.3, 0.4) is 0 Å². The number of esters is 1. The molecule has 0 atom stereocenters. The number of benzene rings is 1. The maximum absolute atomic E-state index is 11.5. The molecule has 0 unspecified atom stereocenters. The summed E-state index contributed by atoms with van der Waals surface area (Å²) < 4.78 is 11.5. The van der Waals surface area contributed by atoms with Crippen LogP contribution in [0.15, 0.2) is 30.3 Å². The van der Waals surface area contributed by atoms with Crippen molar-refractivity contribution in [2.75, 3.05) is 0 Å². The Morgan fingerprint density at radius 3 is 2.43 bits per heavy atom. The molecule has 0 spiro atoms. The van der Waals surface area contributed by atoms with Crippen LogP contribution in [0.5, 0.6) is 5.88 Å². The fourth-order valence-corrected chi connectivity index (χ4v) is 4.41. The Kier molecular flexibility index (Phi) is 5.98. The summed E-state index contributed by atoms with van der Waals surface area (Å²) in [5.41, 5.74) is 3.49. The number of aromatic nitrogens is 2. The third-order valence-electron chi connectivity index (χ3n) is 6.10. The van der Waals surface area contributed by atoms with Crippen LogP contribution in [-0.4, -0.2) is 28.4 Å². The smallest absolute Gasteiger partial charge is 0.305 e. The zero-order valence-electron chi connectivity index (χ0n) is 16.7. The molecular formula is C23H30N2O3. The third kappa shape index (κ3) is 4.57. The fraction of sp³-hybridized carbons (Fsp3) is 0.565. The van der Waals surface area contributed by atoms with Gasteiger partial charge in [-0.15, -0.1) is 5.10 Å². The van der Waals surface area contributed by atoms with Gasteiger partial charge in [0.25, 0.3) is 0 Å². The molecule has 2 aromatic rings. The summed E-state index contributed by atoms with van der Waals surface area (Å²) in [6.45, 7) is 1.85. The summed E-state index contributed by atoms with van der Waals surface area (Å²) in [6.07, 6.45) is 9.74. The lowest BCUT2D eigenvalue weighted by Gasteiger charge is -2.28. The second-order valence-corrected chi connectivity index (χ2v) is 8.08. The van der Waals surface area contributed by atoms with Gasteiger partial charge < -0.3 is 9.47 Å². The molecule has 5 heteroatoms. The van der Waals surface area contributed by atoms with Crippen LogP contribution in [0.25, 0.3) is 11.3 Å². The van der Waals surface area contributed by atoms with Gasteiger partial charge in [-0.05, 0) is 68.4 Å². The van der Waals surface area contributed by atoms with E-state index in [1.165, 1.54) is 18.4 Å². The van der Waals surface area contributed by atoms with Gasteiger partial charge in [-0.1, -0.05) is 31.2 Å². The van der Waals surface area contributed by atoms with E-state index in [-0.39, 0.29) is 12.1 Å². The second-order valence-electron chi connectivity index (χ2n) is 8.08. The van der Waals surface area contributed by atoms with Gasteiger partial charge in [0.1, 0.15) is 12.2 Å². The van der Waals surface area contributed by atoms with Crippen molar-refractivity contribution in [3.8, 4) is 17.1 Å². The number of H-pyrrole nitrogens is 1. The molecule has 0 aliphatic heterocycles. The molecule has 0 bridgehead atoms. The predicted octanol–water partition coefficient (Wildman–Crippen LogP) is 5.38. The fourth-order valence-electron chi connectivity index (χ4n) is 4.41. The van der Waals surface area contributed by atoms with E-state index >= 15 is 0 Å². The summed E-state index contributed by atoms with van der Waals surface area (Å²) in [6, 6.07) is 10.8. The first kappa shape index (κ1) is 19.0. The number of nitrogens with zero attached hydrogens (tertiary/aromatic N) is 1. The lowest BCUT2D eigenvalue weighted by Crippen LogP contribution is -2.23. The van der Waals surface area contributed by atoms with E-state index in [1.54, 1.807) is 0 Å². The van der Waals surface area contributed by atoms with Crippen molar-refractivity contribution >= 4 is 5.97 Å². The molecule has 0 amide bonds. The van der Waals surface area contributed by atoms with Crippen LogP contribution in [-0.2, 0) is 9.53 Å². The van der Waals surface area contributed by atoms with Gasteiger partial charge in [0.05, 0.1) is 5.69 Å². The van der Waals surface area contributed by atoms with Gasteiger partial charge in [-0.2, -0.15) is 0 Å². The Balaban J connectivity index is 1.33. The number of hydrogen-bond acceptors (Lipinski definition) is 4. The van der Waals surface area contributed by atoms with E-state index in [9.17, 15) is 4.79 Å². The Bertz CT molecular complexity index is 769. The molecule has 4 rings (SSSR count). The summed E-state index contributed by atoms with van der Waals surface area (Å²) >= 11 is 0. The van der Waals surface area contributed by atoms with Crippen LogP contribution < -0.4 is 4.74 Å². The average Bonchev–Trinajstić information content (AvgIpc) is 3.41. The van der Waals surface area contributed by atoms with Crippen molar-refractivity contribution in [3.05, 3.63) is 35.9 Å². The highest BCUT2D eigenvalue weighted by Crippen LogP contribution is 2.35. The van der Waals surface area contributed by atoms with Gasteiger partial charge in [0.2, 0.25) is 5.88 Å². The Hall–Kier alpha value is -2.30. The van der Waals surface area contributed by atoms with Crippen LogP contribution in [0.2, 0.25) is 0 Å². The van der Waals surface area contributed by atoms with Crippen LogP contribution in [0.4, 0.5) is 0 Å². The van der Waals surface area contributed by atoms with E-state index in [0.717, 1.165) is 49.8 Å². The van der Waals surface area contributed by atoms with E-state index in [4.69, 9.17) is 9.47 Å². The van der Waals surface area contributed by atoms with Gasteiger partial charge >= 0.3 is 5.97 Å². The van der Waals surface area contributed by atoms with Crippen molar-refractivity contribution in [2.45, 2.75) is 82.8 Å². The van der Waals surface area contributed by atoms with Crippen molar-refractivity contribution < 1.29 is 14.3 Å². The number of carbonyl (C=O) groups is 1. The molecule has 150 valence electrons. The van der Waals surface area contributed by atoms with Gasteiger partial charge in [0.15, 0.2) is 0 Å². The number of hydrogen-bond donors (Lipinski definition) is 1. The highest BCUT2D eigenvalue weighted by atomic mass is 16.5. The molecular weight excluding hydrogens is 352 g/mol. The molecule has 2 fully saturated rings. The lowest BCUT2D eigenvalue weighted by molar-refractivity contribution is -0.150. The van der Waals surface area contributed by atoms with Crippen LogP contribution in [0, 0.1) is 0 Å². The predicted molar refractivity (Wildman–Crippen MR) is 108 cm³/mol. The number of rotatable bonds is 6. The minimum Gasteiger partial charge on any atom is -0.473 e. The molecule has 1 aromatic heterocycles. The topological polar surface area (TPSA) is 64.2 Å². The zero-order valence-corrected chi connectivity index (χ0v) is 16.7. The minimum absolute atomic E-state index is 0.0800. The molecule has 1 aromatic carbocycles. The first-order valence-electron chi connectivity index (χ1n) is 10.7. The number of aromatic amines is 1. The summed E-state index contributed by atoms with van der Waals surface area (Å²) in [4.78, 5) is 11.5. The third-order valence-corrected chi connectivity index (χ3v) is 6.10. The molecule has 28 heavy (non-hydrogen) atoms. The van der Waals surface area contributed by atoms with Gasteiger partial charge in [-0.25, -0.2) is 0 Å². The Labute approximate surface area is 166 Å². The van der Waals surface area contributed by atoms with E-state index in [0.29, 0.717) is 24.3 Å². The minimum atomic E-state index is -0.0800. The van der Waals surface area contributed by atoms with E-state index in [2.05, 4.69) is 34.5 Å². The summed E-state index contributed by atoms with van der Waals surface area (Å²) in [5, 5.41) is 7.42. The van der Waals surface area contributed by atoms with Crippen molar-refractivity contribution in [3.63, 3.8) is 0 Å². The average molecular weight is 383 g/mol. The first-order chi connectivity index (χ1) is 13.7. The molecule has 2 saturated carbocycles. The highest BCUT2D eigenvalue weighted by Gasteiger charge is 2.24. The largest absolute Gasteiger partial charge is 0.473 e. The quantitative estimate of drug-likeness (QED) is 0.682. The normalized spacial score (nSPS) is 22.9. The second kappa shape index (κ2) is 8.80. The van der Waals surface area contributed by atoms with Crippen molar-refractivity contribution in [1.82, 2.24) is 10.2 Å². The molecule has 2 aliphatic carbocycles. The number of carbonyl (C=O) groups excluding carboxylic acids is 1. The maximum Gasteiger partial charge on any atom is 0.305 e. The van der Waals surface area contributed by atoms with Crippen LogP contribution in [0.1, 0.15) is 76.2 Å². The zero-order chi connectivity index (χ0) is 19.3. The van der Waals surface area contributed by atoms with Gasteiger partial charge in [0, 0.05) is 12.5 Å². The van der Waals surface area contributed by atoms with Crippen molar-refractivity contribution in [2.24, 2.45) is 0 Å². The SMILES string of the molecule is CCC(=O)OC1CCC(c2ccc(-c3cc(OC4CCCC4)n[nH]3)cc2)CC1. The van der Waals surface area contributed by atoms with Crippen LogP contribution >= 0.6 is 0 Å². The summed E-state index contributed by atoms with van der Waals surface area (Å²) in [5.74, 6) is 1.17. The molecule has 1 N–H and O–H groups in total.